The molecule has 0 spiro atoms. The molecular formula is C20H26N2O5S. The zero-order valence-electron chi connectivity index (χ0n) is 16.1. The van der Waals surface area contributed by atoms with Crippen LogP contribution >= 0.6 is 11.8 Å². The summed E-state index contributed by atoms with van der Waals surface area (Å²) in [5.41, 5.74) is 1.10. The van der Waals surface area contributed by atoms with Gasteiger partial charge in [0.15, 0.2) is 0 Å². The molecule has 7 nitrogen and oxygen atoms in total. The van der Waals surface area contributed by atoms with Crippen LogP contribution in [0.2, 0.25) is 0 Å². The number of imide groups is 1. The summed E-state index contributed by atoms with van der Waals surface area (Å²) >= 11 is 1.23. The van der Waals surface area contributed by atoms with E-state index in [0.717, 1.165) is 39.3 Å². The number of aliphatic hydroxyl groups excluding tert-OH is 1. The zero-order valence-corrected chi connectivity index (χ0v) is 16.9. The molecule has 0 radical (unpaired) electrons. The fourth-order valence-corrected chi connectivity index (χ4v) is 4.21. The van der Waals surface area contributed by atoms with Crippen molar-refractivity contribution in [1.82, 2.24) is 9.80 Å². The molecule has 2 aliphatic rings. The zero-order chi connectivity index (χ0) is 19.9. The van der Waals surface area contributed by atoms with Crippen molar-refractivity contribution >= 4 is 29.1 Å². The van der Waals surface area contributed by atoms with Gasteiger partial charge in [0, 0.05) is 31.9 Å². The summed E-state index contributed by atoms with van der Waals surface area (Å²) < 4.78 is 10.5. The molecule has 2 amide bonds. The number of morpholine rings is 1. The van der Waals surface area contributed by atoms with Crippen molar-refractivity contribution in [3.8, 4) is 5.75 Å². The van der Waals surface area contributed by atoms with Crippen molar-refractivity contribution in [3.63, 3.8) is 0 Å². The Hall–Kier alpha value is -1.87. The van der Waals surface area contributed by atoms with E-state index < -0.39 is 0 Å². The molecule has 0 aliphatic carbocycles. The predicted octanol–water partition coefficient (Wildman–Crippen LogP) is 1.22. The third-order valence-corrected chi connectivity index (χ3v) is 5.86. The summed E-state index contributed by atoms with van der Waals surface area (Å²) in [6.07, 6.45) is 0.727. The Labute approximate surface area is 169 Å². The largest absolute Gasteiger partial charge is 0.497 e. The first-order valence-electron chi connectivity index (χ1n) is 9.44. The second-order valence-corrected chi connectivity index (χ2v) is 7.68. The minimum Gasteiger partial charge on any atom is -0.497 e. The maximum absolute atomic E-state index is 13.0. The summed E-state index contributed by atoms with van der Waals surface area (Å²) in [6.45, 7) is 4.39. The van der Waals surface area contributed by atoms with Crippen LogP contribution in [-0.4, -0.2) is 85.6 Å². The van der Waals surface area contributed by atoms with E-state index in [4.69, 9.17) is 14.6 Å². The van der Waals surface area contributed by atoms with Gasteiger partial charge < -0.3 is 14.6 Å². The van der Waals surface area contributed by atoms with Crippen molar-refractivity contribution < 1.29 is 24.2 Å². The number of amides is 2. The number of methoxy groups -OCH3 is 1. The van der Waals surface area contributed by atoms with E-state index in [2.05, 4.69) is 4.90 Å². The summed E-state index contributed by atoms with van der Waals surface area (Å²) in [5.74, 6) is 0.525. The Morgan fingerprint density at radius 1 is 1.11 bits per heavy atom. The van der Waals surface area contributed by atoms with Gasteiger partial charge in [-0.15, -0.1) is 11.8 Å². The fourth-order valence-electron chi connectivity index (χ4n) is 3.33. The van der Waals surface area contributed by atoms with Crippen LogP contribution in [-0.2, 0) is 14.3 Å². The van der Waals surface area contributed by atoms with Gasteiger partial charge in [0.2, 0.25) is 0 Å². The molecule has 0 saturated carbocycles. The fraction of sp³-hybridized carbons (Fsp3) is 0.500. The quantitative estimate of drug-likeness (QED) is 0.618. The number of benzene rings is 1. The predicted molar refractivity (Wildman–Crippen MR) is 108 cm³/mol. The number of rotatable bonds is 9. The van der Waals surface area contributed by atoms with Gasteiger partial charge in [-0.05, 0) is 24.1 Å². The molecule has 0 atom stereocenters. The smallest absolute Gasteiger partial charge is 0.267 e. The monoisotopic (exact) mass is 406 g/mol. The van der Waals surface area contributed by atoms with Gasteiger partial charge in [0.1, 0.15) is 5.75 Å². The Morgan fingerprint density at radius 2 is 1.82 bits per heavy atom. The van der Waals surface area contributed by atoms with Gasteiger partial charge in [0.05, 0.1) is 37.4 Å². The Bertz CT molecular complexity index is 729. The number of carbonyl (C=O) groups excluding carboxylic acids is 2. The van der Waals surface area contributed by atoms with E-state index in [1.165, 1.54) is 16.7 Å². The first-order valence-corrected chi connectivity index (χ1v) is 10.4. The van der Waals surface area contributed by atoms with E-state index in [-0.39, 0.29) is 18.4 Å². The maximum Gasteiger partial charge on any atom is 0.267 e. The maximum atomic E-state index is 13.0. The van der Waals surface area contributed by atoms with Crippen LogP contribution in [0.1, 0.15) is 12.0 Å². The van der Waals surface area contributed by atoms with Gasteiger partial charge in [-0.3, -0.25) is 19.4 Å². The van der Waals surface area contributed by atoms with Crippen LogP contribution in [0, 0.1) is 0 Å². The van der Waals surface area contributed by atoms with Crippen LogP contribution in [0.15, 0.2) is 29.2 Å². The molecule has 0 unspecified atom stereocenters. The highest BCUT2D eigenvalue weighted by atomic mass is 32.2. The van der Waals surface area contributed by atoms with Gasteiger partial charge in [-0.25, -0.2) is 0 Å². The molecule has 3 rings (SSSR count). The van der Waals surface area contributed by atoms with Crippen molar-refractivity contribution in [1.29, 1.82) is 0 Å². The van der Waals surface area contributed by atoms with Crippen molar-refractivity contribution in [2.24, 2.45) is 0 Å². The second-order valence-electron chi connectivity index (χ2n) is 6.57. The lowest BCUT2D eigenvalue weighted by molar-refractivity contribution is -0.136. The SMILES string of the molecule is COc1ccc(C2=C(SCCO)C(=O)N(CCCN3CCOCC3)C2=O)cc1. The lowest BCUT2D eigenvalue weighted by Crippen LogP contribution is -2.39. The molecule has 0 aromatic heterocycles. The lowest BCUT2D eigenvalue weighted by atomic mass is 10.1. The molecule has 0 bridgehead atoms. The number of ether oxygens (including phenoxy) is 2. The van der Waals surface area contributed by atoms with Crippen LogP contribution in [0.25, 0.3) is 5.57 Å². The van der Waals surface area contributed by atoms with Crippen molar-refractivity contribution in [3.05, 3.63) is 34.7 Å². The third-order valence-electron chi connectivity index (χ3n) is 4.80. The van der Waals surface area contributed by atoms with E-state index >= 15 is 0 Å². The number of thioether (sulfide) groups is 1. The number of hydrogen-bond acceptors (Lipinski definition) is 7. The van der Waals surface area contributed by atoms with E-state index in [1.807, 2.05) is 0 Å². The summed E-state index contributed by atoms with van der Waals surface area (Å²) in [6, 6.07) is 7.12. The highest BCUT2D eigenvalue weighted by Crippen LogP contribution is 2.36. The van der Waals surface area contributed by atoms with Crippen LogP contribution < -0.4 is 4.74 Å². The standard InChI is InChI=1S/C20H26N2O5S/c1-26-16-5-3-15(4-6-16)17-18(28-14-11-23)20(25)22(19(17)24)8-2-7-21-9-12-27-13-10-21/h3-6,23H,2,7-14H2,1H3. The van der Waals surface area contributed by atoms with Crippen LogP contribution in [0.5, 0.6) is 5.75 Å². The topological polar surface area (TPSA) is 79.3 Å². The van der Waals surface area contributed by atoms with E-state index in [0.29, 0.717) is 34.1 Å². The number of carbonyl (C=O) groups is 2. The number of nitrogens with zero attached hydrogens (tertiary/aromatic N) is 2. The van der Waals surface area contributed by atoms with Crippen LogP contribution in [0.3, 0.4) is 0 Å². The first-order chi connectivity index (χ1) is 13.7. The molecule has 2 heterocycles. The van der Waals surface area contributed by atoms with Gasteiger partial charge in [-0.1, -0.05) is 12.1 Å². The second kappa shape index (κ2) is 10.1. The van der Waals surface area contributed by atoms with E-state index in [1.54, 1.807) is 31.4 Å². The number of aliphatic hydroxyl groups is 1. The molecule has 2 aliphatic heterocycles. The first kappa shape index (κ1) is 20.9. The minimum atomic E-state index is -0.267. The van der Waals surface area contributed by atoms with E-state index in [9.17, 15) is 9.59 Å². The van der Waals surface area contributed by atoms with Gasteiger partial charge in [0.25, 0.3) is 11.8 Å². The Morgan fingerprint density at radius 3 is 2.46 bits per heavy atom. The molecule has 1 fully saturated rings. The van der Waals surface area contributed by atoms with Crippen molar-refractivity contribution in [2.75, 3.05) is 58.9 Å². The van der Waals surface area contributed by atoms with Crippen LogP contribution in [0.4, 0.5) is 0 Å². The molecule has 1 saturated heterocycles. The highest BCUT2D eigenvalue weighted by Gasteiger charge is 2.38. The summed E-state index contributed by atoms with van der Waals surface area (Å²) in [5, 5.41) is 9.17. The van der Waals surface area contributed by atoms with Crippen molar-refractivity contribution in [2.45, 2.75) is 6.42 Å². The van der Waals surface area contributed by atoms with Gasteiger partial charge in [-0.2, -0.15) is 0 Å². The molecular weight excluding hydrogens is 380 g/mol. The van der Waals surface area contributed by atoms with Gasteiger partial charge >= 0.3 is 0 Å². The Balaban J connectivity index is 1.72. The Kier molecular flexibility index (Phi) is 7.50. The summed E-state index contributed by atoms with van der Waals surface area (Å²) in [4.78, 5) is 30.0. The molecule has 8 heteroatoms. The molecule has 28 heavy (non-hydrogen) atoms. The number of hydrogen-bond donors (Lipinski definition) is 1. The third kappa shape index (κ3) is 4.75. The summed E-state index contributed by atoms with van der Waals surface area (Å²) in [7, 11) is 1.58. The molecule has 1 N–H and O–H groups in total. The molecule has 152 valence electrons. The average Bonchev–Trinajstić information content (AvgIpc) is 2.97. The lowest BCUT2D eigenvalue weighted by Gasteiger charge is -2.27. The molecule has 1 aromatic rings. The minimum absolute atomic E-state index is 0.0530. The normalized spacial score (nSPS) is 18.3. The highest BCUT2D eigenvalue weighted by molar-refractivity contribution is 8.04. The molecule has 1 aromatic carbocycles. The average molecular weight is 407 g/mol.